The molecule has 29 heavy (non-hydrogen) atoms. The summed E-state index contributed by atoms with van der Waals surface area (Å²) in [5.74, 6) is 0.175. The lowest BCUT2D eigenvalue weighted by Gasteiger charge is -2.23. The molecule has 0 amide bonds. The van der Waals surface area contributed by atoms with Crippen molar-refractivity contribution in [2.75, 3.05) is 0 Å². The average molecular weight is 414 g/mol. The largest absolute Gasteiger partial charge is 0.458 e. The van der Waals surface area contributed by atoms with Gasteiger partial charge in [-0.05, 0) is 48.5 Å². The molecule has 0 unspecified atom stereocenters. The van der Waals surface area contributed by atoms with E-state index >= 15 is 0 Å². The second-order valence-corrected chi connectivity index (χ2v) is 7.18. The van der Waals surface area contributed by atoms with Crippen LogP contribution in [0, 0.1) is 5.82 Å². The number of nitrogens with zero attached hydrogens (tertiary/aromatic N) is 1. The molecular formula is C22H17ClFNO4. The number of benzene rings is 2. The van der Waals surface area contributed by atoms with Gasteiger partial charge in [0.2, 0.25) is 0 Å². The van der Waals surface area contributed by atoms with Crippen LogP contribution in [-0.4, -0.2) is 28.3 Å². The first kappa shape index (κ1) is 19.4. The van der Waals surface area contributed by atoms with E-state index < -0.39 is 18.2 Å². The summed E-state index contributed by atoms with van der Waals surface area (Å²) in [6, 6.07) is 10.9. The van der Waals surface area contributed by atoms with Crippen molar-refractivity contribution in [2.24, 2.45) is 0 Å². The van der Waals surface area contributed by atoms with Crippen LogP contribution < -0.4 is 4.74 Å². The molecule has 0 radical (unpaired) electrons. The first-order valence-corrected chi connectivity index (χ1v) is 9.43. The fourth-order valence-electron chi connectivity index (χ4n) is 3.15. The molecule has 1 aliphatic rings. The average Bonchev–Trinajstić information content (AvgIpc) is 2.68. The first-order valence-electron chi connectivity index (χ1n) is 9.05. The molecular weight excluding hydrogens is 397 g/mol. The number of halogens is 2. The predicted octanol–water partition coefficient (Wildman–Crippen LogP) is 4.90. The van der Waals surface area contributed by atoms with Gasteiger partial charge in [0.25, 0.3) is 0 Å². The van der Waals surface area contributed by atoms with Gasteiger partial charge in [-0.2, -0.15) is 0 Å². The van der Waals surface area contributed by atoms with Gasteiger partial charge in [-0.15, -0.1) is 0 Å². The van der Waals surface area contributed by atoms with Gasteiger partial charge in [0.15, 0.2) is 0 Å². The Hall–Kier alpha value is -2.96. The molecule has 2 aromatic carbocycles. The fourth-order valence-corrected chi connectivity index (χ4v) is 3.31. The maximum absolute atomic E-state index is 13.2. The van der Waals surface area contributed by atoms with E-state index in [-0.39, 0.29) is 12.2 Å². The smallest absolute Gasteiger partial charge is 0.309 e. The van der Waals surface area contributed by atoms with E-state index in [1.54, 1.807) is 36.5 Å². The van der Waals surface area contributed by atoms with Gasteiger partial charge in [-0.1, -0.05) is 17.7 Å². The van der Waals surface area contributed by atoms with Crippen molar-refractivity contribution in [3.05, 3.63) is 71.1 Å². The number of ether oxygens (including phenoxy) is 2. The topological polar surface area (TPSA) is 68.7 Å². The molecule has 148 valence electrons. The number of hydrogen-bond acceptors (Lipinski definition) is 5. The Morgan fingerprint density at radius 2 is 2.03 bits per heavy atom. The van der Waals surface area contributed by atoms with Gasteiger partial charge >= 0.3 is 5.97 Å². The third-order valence-electron chi connectivity index (χ3n) is 4.52. The van der Waals surface area contributed by atoms with Gasteiger partial charge in [0.1, 0.15) is 23.4 Å². The SMILES string of the molecule is O=C1C[C@H](O)C[C@@H](/C=C/c2cnc3cc(Cl)ccc3c2Oc2ccc(F)cc2)O1. The molecule has 3 aromatic rings. The second-order valence-electron chi connectivity index (χ2n) is 6.74. The van der Waals surface area contributed by atoms with Gasteiger partial charge in [0.05, 0.1) is 18.0 Å². The molecule has 4 rings (SSSR count). The molecule has 1 aromatic heterocycles. The molecule has 1 N–H and O–H groups in total. The fraction of sp³-hybridized carbons (Fsp3) is 0.182. The number of pyridine rings is 1. The van der Waals surface area contributed by atoms with Crippen LogP contribution >= 0.6 is 11.6 Å². The van der Waals surface area contributed by atoms with Crippen molar-refractivity contribution >= 4 is 34.5 Å². The lowest BCUT2D eigenvalue weighted by Crippen LogP contribution is -2.31. The van der Waals surface area contributed by atoms with Gasteiger partial charge in [-0.3, -0.25) is 9.78 Å². The molecule has 1 saturated heterocycles. The summed E-state index contributed by atoms with van der Waals surface area (Å²) in [6.45, 7) is 0. The van der Waals surface area contributed by atoms with Gasteiger partial charge in [0, 0.05) is 28.6 Å². The summed E-state index contributed by atoms with van der Waals surface area (Å²) in [7, 11) is 0. The number of aliphatic hydroxyl groups excluding tert-OH is 1. The molecule has 0 saturated carbocycles. The second kappa shape index (κ2) is 8.19. The number of cyclic esters (lactones) is 1. The van der Waals surface area contributed by atoms with Crippen molar-refractivity contribution in [3.63, 3.8) is 0 Å². The molecule has 1 fully saturated rings. The maximum atomic E-state index is 13.2. The maximum Gasteiger partial charge on any atom is 0.309 e. The standard InChI is InChI=1S/C22H17ClFNO4/c23-14-2-8-19-20(9-14)25-12-13(1-5-18-10-16(26)11-21(27)28-18)22(19)29-17-6-3-15(24)4-7-17/h1-9,12,16,18,26H,10-11H2/b5-1+/t16-,18-/m1/s1. The lowest BCUT2D eigenvalue weighted by atomic mass is 10.0. The summed E-state index contributed by atoms with van der Waals surface area (Å²) in [6.07, 6.45) is 4.11. The highest BCUT2D eigenvalue weighted by atomic mass is 35.5. The molecule has 1 aliphatic heterocycles. The van der Waals surface area contributed by atoms with E-state index in [9.17, 15) is 14.3 Å². The number of aliphatic hydroxyl groups is 1. The van der Waals surface area contributed by atoms with Crippen LogP contribution in [-0.2, 0) is 9.53 Å². The van der Waals surface area contributed by atoms with Crippen LogP contribution in [0.4, 0.5) is 4.39 Å². The summed E-state index contributed by atoms with van der Waals surface area (Å²) in [5.41, 5.74) is 1.28. The highest BCUT2D eigenvalue weighted by molar-refractivity contribution is 6.31. The van der Waals surface area contributed by atoms with Crippen LogP contribution in [0.3, 0.4) is 0 Å². The molecule has 2 atom stereocenters. The number of esters is 1. The van der Waals surface area contributed by atoms with Gasteiger partial charge in [-0.25, -0.2) is 4.39 Å². The highest BCUT2D eigenvalue weighted by Gasteiger charge is 2.25. The molecule has 0 aliphatic carbocycles. The summed E-state index contributed by atoms with van der Waals surface area (Å²) in [5, 5.41) is 11.0. The monoisotopic (exact) mass is 413 g/mol. The number of carbonyl (C=O) groups is 1. The Morgan fingerprint density at radius 3 is 2.79 bits per heavy atom. The van der Waals surface area contributed by atoms with Crippen molar-refractivity contribution in [1.82, 2.24) is 4.98 Å². The molecule has 5 nitrogen and oxygen atoms in total. The van der Waals surface area contributed by atoms with E-state index in [4.69, 9.17) is 21.1 Å². The van der Waals surface area contributed by atoms with E-state index in [1.165, 1.54) is 24.3 Å². The lowest BCUT2D eigenvalue weighted by molar-refractivity contribution is -0.156. The third kappa shape index (κ3) is 4.55. The Labute approximate surface area is 171 Å². The van der Waals surface area contributed by atoms with Crippen LogP contribution in [0.15, 0.2) is 54.7 Å². The molecule has 0 spiro atoms. The number of fused-ring (bicyclic) bond motifs is 1. The normalized spacial score (nSPS) is 19.5. The first-order chi connectivity index (χ1) is 14.0. The van der Waals surface area contributed by atoms with E-state index in [2.05, 4.69) is 4.98 Å². The van der Waals surface area contributed by atoms with Gasteiger partial charge < -0.3 is 14.6 Å². The van der Waals surface area contributed by atoms with Crippen LogP contribution in [0.5, 0.6) is 11.5 Å². The quantitative estimate of drug-likeness (QED) is 0.616. The Kier molecular flexibility index (Phi) is 5.47. The molecule has 2 heterocycles. The van der Waals surface area contributed by atoms with Crippen LogP contribution in [0.2, 0.25) is 5.02 Å². The third-order valence-corrected chi connectivity index (χ3v) is 4.76. The Balaban J connectivity index is 1.72. The minimum atomic E-state index is -0.724. The predicted molar refractivity (Wildman–Crippen MR) is 107 cm³/mol. The summed E-state index contributed by atoms with van der Waals surface area (Å²) < 4.78 is 24.5. The van der Waals surface area contributed by atoms with E-state index in [0.717, 1.165) is 5.39 Å². The van der Waals surface area contributed by atoms with Crippen molar-refractivity contribution < 1.29 is 23.8 Å². The van der Waals surface area contributed by atoms with Crippen molar-refractivity contribution in [2.45, 2.75) is 25.0 Å². The van der Waals surface area contributed by atoms with E-state index in [0.29, 0.717) is 34.0 Å². The minimum absolute atomic E-state index is 0.00154. The summed E-state index contributed by atoms with van der Waals surface area (Å²) in [4.78, 5) is 16.0. The van der Waals surface area contributed by atoms with Crippen molar-refractivity contribution in [1.29, 1.82) is 0 Å². The Bertz CT molecular complexity index is 1080. The Morgan fingerprint density at radius 1 is 1.24 bits per heavy atom. The van der Waals surface area contributed by atoms with Crippen molar-refractivity contribution in [3.8, 4) is 11.5 Å². The number of rotatable bonds is 4. The molecule has 0 bridgehead atoms. The number of aromatic nitrogens is 1. The zero-order valence-electron chi connectivity index (χ0n) is 15.2. The van der Waals surface area contributed by atoms with Crippen LogP contribution in [0.1, 0.15) is 18.4 Å². The summed E-state index contributed by atoms with van der Waals surface area (Å²) >= 11 is 6.07. The minimum Gasteiger partial charge on any atom is -0.458 e. The number of hydrogen-bond donors (Lipinski definition) is 1. The molecule has 7 heteroatoms. The zero-order valence-corrected chi connectivity index (χ0v) is 16.0. The zero-order chi connectivity index (χ0) is 20.4. The number of carbonyl (C=O) groups excluding carboxylic acids is 1. The highest BCUT2D eigenvalue weighted by Crippen LogP contribution is 2.35. The van der Waals surface area contributed by atoms with Crippen LogP contribution in [0.25, 0.3) is 17.0 Å². The van der Waals surface area contributed by atoms with E-state index in [1.807, 2.05) is 0 Å².